The van der Waals surface area contributed by atoms with E-state index >= 15 is 0 Å². The summed E-state index contributed by atoms with van der Waals surface area (Å²) >= 11 is 0. The molecule has 1 aliphatic rings. The van der Waals surface area contributed by atoms with Crippen LogP contribution in [0.2, 0.25) is 0 Å². The average molecular weight is 394 g/mol. The molecule has 0 radical (unpaired) electrons. The summed E-state index contributed by atoms with van der Waals surface area (Å²) in [6.45, 7) is -0.00612. The molecule has 0 saturated carbocycles. The van der Waals surface area contributed by atoms with Gasteiger partial charge in [-0.3, -0.25) is 4.79 Å². The molecule has 26 heavy (non-hydrogen) atoms. The summed E-state index contributed by atoms with van der Waals surface area (Å²) in [5, 5.41) is 0. The first kappa shape index (κ1) is 18.1. The van der Waals surface area contributed by atoms with E-state index in [9.17, 15) is 35.2 Å². The van der Waals surface area contributed by atoms with Crippen LogP contribution in [0.5, 0.6) is 11.5 Å². The molecule has 0 spiro atoms. The fraction of sp³-hybridized carbons (Fsp3) is 0.133. The van der Waals surface area contributed by atoms with E-state index in [2.05, 4.69) is 4.18 Å². The summed E-state index contributed by atoms with van der Waals surface area (Å²) in [5.74, 6) is -14.4. The number of halogens is 5. The topological polar surface area (TPSA) is 69.7 Å². The smallest absolute Gasteiger partial charge is 0.339 e. The predicted molar refractivity (Wildman–Crippen MR) is 74.9 cm³/mol. The molecule has 0 aromatic heterocycles. The van der Waals surface area contributed by atoms with E-state index in [1.807, 2.05) is 0 Å². The number of benzene rings is 2. The highest BCUT2D eigenvalue weighted by Gasteiger charge is 2.31. The van der Waals surface area contributed by atoms with E-state index in [-0.39, 0.29) is 30.1 Å². The quantitative estimate of drug-likeness (QED) is 0.346. The number of ketones is 1. The number of hydrogen-bond donors (Lipinski definition) is 0. The molecule has 0 bridgehead atoms. The first-order chi connectivity index (χ1) is 12.1. The Kier molecular flexibility index (Phi) is 4.34. The molecule has 0 fully saturated rings. The number of carbonyl (C=O) groups is 1. The Labute approximate surface area is 143 Å². The molecule has 0 amide bonds. The van der Waals surface area contributed by atoms with Crippen LogP contribution in [0.15, 0.2) is 23.1 Å². The van der Waals surface area contributed by atoms with Crippen molar-refractivity contribution in [1.29, 1.82) is 0 Å². The van der Waals surface area contributed by atoms with E-state index in [4.69, 9.17) is 4.74 Å². The Bertz CT molecular complexity index is 1010. The van der Waals surface area contributed by atoms with Gasteiger partial charge in [-0.1, -0.05) is 0 Å². The van der Waals surface area contributed by atoms with E-state index in [0.717, 1.165) is 18.2 Å². The summed E-state index contributed by atoms with van der Waals surface area (Å²) in [6, 6.07) is 2.83. The van der Waals surface area contributed by atoms with Crippen molar-refractivity contribution in [3.8, 4) is 11.5 Å². The number of hydrogen-bond acceptors (Lipinski definition) is 5. The van der Waals surface area contributed by atoms with E-state index in [0.29, 0.717) is 0 Å². The zero-order valence-corrected chi connectivity index (χ0v) is 13.3. The molecule has 138 valence electrons. The minimum atomic E-state index is -4.98. The summed E-state index contributed by atoms with van der Waals surface area (Å²) in [5.41, 5.74) is 0.0893. The molecular formula is C15H7F5O5S. The highest BCUT2D eigenvalue weighted by Crippen LogP contribution is 2.33. The van der Waals surface area contributed by atoms with E-state index < -0.39 is 49.8 Å². The van der Waals surface area contributed by atoms with Crippen molar-refractivity contribution in [3.05, 3.63) is 52.8 Å². The summed E-state index contributed by atoms with van der Waals surface area (Å²) in [7, 11) is -4.98. The van der Waals surface area contributed by atoms with Gasteiger partial charge < -0.3 is 8.92 Å². The van der Waals surface area contributed by atoms with Crippen LogP contribution in [-0.4, -0.2) is 20.8 Å². The van der Waals surface area contributed by atoms with Crippen molar-refractivity contribution in [3.63, 3.8) is 0 Å². The van der Waals surface area contributed by atoms with Crippen molar-refractivity contribution in [2.75, 3.05) is 6.61 Å². The fourth-order valence-corrected chi connectivity index (χ4v) is 3.16. The fourth-order valence-electron chi connectivity index (χ4n) is 2.21. The molecule has 11 heteroatoms. The molecule has 0 aliphatic carbocycles. The lowest BCUT2D eigenvalue weighted by molar-refractivity contribution is 0.0933. The zero-order valence-electron chi connectivity index (χ0n) is 12.5. The molecule has 2 aromatic carbocycles. The van der Waals surface area contributed by atoms with Crippen molar-refractivity contribution in [1.82, 2.24) is 0 Å². The van der Waals surface area contributed by atoms with Crippen LogP contribution in [-0.2, 0) is 10.1 Å². The highest BCUT2D eigenvalue weighted by molar-refractivity contribution is 7.87. The average Bonchev–Trinajstić information content (AvgIpc) is 2.62. The van der Waals surface area contributed by atoms with Crippen LogP contribution in [0.1, 0.15) is 16.8 Å². The lowest BCUT2D eigenvalue weighted by Gasteiger charge is -2.17. The first-order valence-electron chi connectivity index (χ1n) is 6.89. The third-order valence-electron chi connectivity index (χ3n) is 3.49. The number of fused-ring (bicyclic) bond motifs is 1. The normalized spacial score (nSPS) is 14.0. The Morgan fingerprint density at radius 2 is 1.50 bits per heavy atom. The standard InChI is InChI=1S/C15H7F5O5S/c16-10-11(17)13(19)15(14(20)12(10)18)25-26(22,23)6-1-2-7-8(21)3-4-24-9(7)5-6/h1-2,5H,3-4H2. The third kappa shape index (κ3) is 2.87. The van der Waals surface area contributed by atoms with Gasteiger partial charge in [-0.05, 0) is 12.1 Å². The molecule has 1 heterocycles. The van der Waals surface area contributed by atoms with Gasteiger partial charge in [-0.15, -0.1) is 0 Å². The number of rotatable bonds is 3. The van der Waals surface area contributed by atoms with Gasteiger partial charge in [-0.25, -0.2) is 13.2 Å². The Morgan fingerprint density at radius 1 is 0.923 bits per heavy atom. The van der Waals surface area contributed by atoms with E-state index in [1.165, 1.54) is 0 Å². The van der Waals surface area contributed by atoms with Gasteiger partial charge in [-0.2, -0.15) is 17.2 Å². The predicted octanol–water partition coefficient (Wildman–Crippen LogP) is 3.12. The van der Waals surface area contributed by atoms with Gasteiger partial charge in [0.1, 0.15) is 10.6 Å². The largest absolute Gasteiger partial charge is 0.492 e. The molecular weight excluding hydrogens is 387 g/mol. The monoisotopic (exact) mass is 394 g/mol. The van der Waals surface area contributed by atoms with Gasteiger partial charge in [0.05, 0.1) is 12.2 Å². The maximum atomic E-state index is 13.6. The summed E-state index contributed by atoms with van der Waals surface area (Å²) in [6.07, 6.45) is 0.0835. The van der Waals surface area contributed by atoms with Gasteiger partial charge in [0.2, 0.25) is 34.8 Å². The molecule has 0 N–H and O–H groups in total. The second-order valence-corrected chi connectivity index (χ2v) is 6.66. The van der Waals surface area contributed by atoms with Crippen LogP contribution in [0.25, 0.3) is 0 Å². The first-order valence-corrected chi connectivity index (χ1v) is 8.30. The molecule has 5 nitrogen and oxygen atoms in total. The molecule has 0 unspecified atom stereocenters. The van der Waals surface area contributed by atoms with Crippen LogP contribution in [0, 0.1) is 29.1 Å². The molecule has 1 aliphatic heterocycles. The number of Topliss-reactive ketones (excluding diaryl/α,β-unsaturated/α-hetero) is 1. The summed E-state index contributed by atoms with van der Waals surface area (Å²) in [4.78, 5) is 11.0. The third-order valence-corrected chi connectivity index (χ3v) is 4.71. The minimum absolute atomic E-state index is 0.00612. The van der Waals surface area contributed by atoms with Crippen molar-refractivity contribution in [2.45, 2.75) is 11.3 Å². The van der Waals surface area contributed by atoms with Crippen molar-refractivity contribution >= 4 is 15.9 Å². The SMILES string of the molecule is O=C1CCOc2cc(S(=O)(=O)Oc3c(F)c(F)c(F)c(F)c3F)ccc21. The molecule has 0 saturated heterocycles. The number of carbonyl (C=O) groups excluding carboxylic acids is 1. The highest BCUT2D eigenvalue weighted by atomic mass is 32.2. The Morgan fingerprint density at radius 3 is 2.12 bits per heavy atom. The lowest BCUT2D eigenvalue weighted by atomic mass is 10.1. The Balaban J connectivity index is 2.05. The Hall–Kier alpha value is -2.69. The van der Waals surface area contributed by atoms with Gasteiger partial charge in [0, 0.05) is 12.5 Å². The van der Waals surface area contributed by atoms with Crippen LogP contribution in [0.3, 0.4) is 0 Å². The maximum Gasteiger partial charge on any atom is 0.339 e. The maximum absolute atomic E-state index is 13.6. The van der Waals surface area contributed by atoms with Crippen LogP contribution >= 0.6 is 0 Å². The second kappa shape index (κ2) is 6.24. The number of ether oxygens (including phenoxy) is 1. The lowest BCUT2D eigenvalue weighted by Crippen LogP contribution is -2.18. The van der Waals surface area contributed by atoms with E-state index in [1.54, 1.807) is 0 Å². The molecule has 0 atom stereocenters. The zero-order chi connectivity index (χ0) is 19.2. The molecule has 2 aromatic rings. The van der Waals surface area contributed by atoms with Gasteiger partial charge in [0.25, 0.3) is 0 Å². The van der Waals surface area contributed by atoms with Gasteiger partial charge in [0.15, 0.2) is 5.78 Å². The second-order valence-electron chi connectivity index (χ2n) is 5.12. The summed E-state index contributed by atoms with van der Waals surface area (Å²) < 4.78 is 100. The van der Waals surface area contributed by atoms with Crippen LogP contribution < -0.4 is 8.92 Å². The van der Waals surface area contributed by atoms with Gasteiger partial charge >= 0.3 is 10.1 Å². The minimum Gasteiger partial charge on any atom is -0.492 e. The van der Waals surface area contributed by atoms with Crippen molar-refractivity contribution in [2.24, 2.45) is 0 Å². The van der Waals surface area contributed by atoms with Crippen molar-refractivity contribution < 1.29 is 44.1 Å². The molecule has 3 rings (SSSR count). The van der Waals surface area contributed by atoms with Crippen LogP contribution in [0.4, 0.5) is 22.0 Å².